The van der Waals surface area contributed by atoms with Gasteiger partial charge in [-0.25, -0.2) is 9.18 Å². The van der Waals surface area contributed by atoms with Gasteiger partial charge in [-0.1, -0.05) is 41.6 Å². The lowest BCUT2D eigenvalue weighted by atomic mass is 10.1. The van der Waals surface area contributed by atoms with Gasteiger partial charge in [0.2, 0.25) is 5.67 Å². The van der Waals surface area contributed by atoms with Crippen molar-refractivity contribution in [3.05, 3.63) is 0 Å². The SMILES string of the molecule is O=C(O)C1(Br)CCCC1.O=C(O)C1(Cl)CCCC1.O=C(O)C1(F)CCCC1. The van der Waals surface area contributed by atoms with Crippen LogP contribution in [0.15, 0.2) is 0 Å². The Hall–Kier alpha value is -0.890. The number of carboxylic acid groups (broad SMARTS) is 3. The van der Waals surface area contributed by atoms with Crippen molar-refractivity contribution in [2.75, 3.05) is 0 Å². The van der Waals surface area contributed by atoms with Crippen molar-refractivity contribution in [2.45, 2.75) is 91.9 Å². The topological polar surface area (TPSA) is 112 Å². The molecular weight excluding hydrogens is 447 g/mol. The maximum Gasteiger partial charge on any atom is 0.341 e. The fraction of sp³-hybridized carbons (Fsp3) is 0.833. The average Bonchev–Trinajstić information content (AvgIpc) is 3.32. The van der Waals surface area contributed by atoms with Crippen molar-refractivity contribution in [1.29, 1.82) is 0 Å². The summed E-state index contributed by atoms with van der Waals surface area (Å²) in [6.07, 6.45) is 8.62. The van der Waals surface area contributed by atoms with Gasteiger partial charge in [-0.2, -0.15) is 0 Å². The van der Waals surface area contributed by atoms with Crippen molar-refractivity contribution >= 4 is 45.4 Å². The van der Waals surface area contributed by atoms with Crippen molar-refractivity contribution in [2.24, 2.45) is 0 Å². The Balaban J connectivity index is 0.000000202. The second-order valence-electron chi connectivity index (χ2n) is 7.43. The zero-order valence-corrected chi connectivity index (χ0v) is 17.5. The van der Waals surface area contributed by atoms with Gasteiger partial charge in [0.05, 0.1) is 0 Å². The van der Waals surface area contributed by atoms with Crippen LogP contribution in [-0.2, 0) is 14.4 Å². The van der Waals surface area contributed by atoms with Crippen LogP contribution in [0.4, 0.5) is 4.39 Å². The van der Waals surface area contributed by atoms with E-state index in [1.54, 1.807) is 0 Å². The summed E-state index contributed by atoms with van der Waals surface area (Å²) >= 11 is 8.92. The Morgan fingerprint density at radius 1 is 0.704 bits per heavy atom. The molecule has 3 aliphatic carbocycles. The van der Waals surface area contributed by atoms with E-state index in [9.17, 15) is 18.8 Å². The first-order valence-electron chi connectivity index (χ1n) is 9.22. The Labute approximate surface area is 171 Å². The molecule has 0 amide bonds. The number of carboxylic acids is 3. The predicted molar refractivity (Wildman–Crippen MR) is 102 cm³/mol. The summed E-state index contributed by atoms with van der Waals surface area (Å²) in [7, 11) is 0. The van der Waals surface area contributed by atoms with Crippen molar-refractivity contribution in [3.8, 4) is 0 Å². The van der Waals surface area contributed by atoms with Crippen LogP contribution in [0.3, 0.4) is 0 Å². The Kier molecular flexibility index (Phi) is 8.99. The smallest absolute Gasteiger partial charge is 0.341 e. The summed E-state index contributed by atoms with van der Waals surface area (Å²) in [5.41, 5.74) is -1.89. The lowest BCUT2D eigenvalue weighted by Gasteiger charge is -2.13. The van der Waals surface area contributed by atoms with Crippen LogP contribution in [0.2, 0.25) is 0 Å². The highest BCUT2D eigenvalue weighted by molar-refractivity contribution is 9.10. The number of hydrogen-bond donors (Lipinski definition) is 3. The fourth-order valence-electron chi connectivity index (χ4n) is 3.45. The normalized spacial score (nSPS) is 24.1. The Morgan fingerprint density at radius 2 is 1.07 bits per heavy atom. The molecule has 27 heavy (non-hydrogen) atoms. The van der Waals surface area contributed by atoms with Gasteiger partial charge in [0.25, 0.3) is 0 Å². The molecule has 0 bridgehead atoms. The van der Waals surface area contributed by atoms with Gasteiger partial charge in [0.15, 0.2) is 0 Å². The molecule has 9 heteroatoms. The van der Waals surface area contributed by atoms with Gasteiger partial charge >= 0.3 is 17.9 Å². The maximum atomic E-state index is 12.8. The number of rotatable bonds is 3. The van der Waals surface area contributed by atoms with E-state index in [1.165, 1.54) is 0 Å². The van der Waals surface area contributed by atoms with E-state index in [1.807, 2.05) is 0 Å². The number of hydrogen-bond acceptors (Lipinski definition) is 3. The molecule has 0 aromatic heterocycles. The van der Waals surface area contributed by atoms with E-state index in [2.05, 4.69) is 15.9 Å². The summed E-state index contributed by atoms with van der Waals surface area (Å²) < 4.78 is 12.3. The van der Waals surface area contributed by atoms with Crippen molar-refractivity contribution in [1.82, 2.24) is 0 Å². The Morgan fingerprint density at radius 3 is 1.30 bits per heavy atom. The van der Waals surface area contributed by atoms with Crippen LogP contribution >= 0.6 is 27.5 Å². The van der Waals surface area contributed by atoms with Gasteiger partial charge in [0, 0.05) is 0 Å². The highest BCUT2D eigenvalue weighted by Gasteiger charge is 2.41. The minimum absolute atomic E-state index is 0.197. The molecule has 0 saturated heterocycles. The molecule has 6 nitrogen and oxygen atoms in total. The zero-order chi connectivity index (χ0) is 20.7. The molecule has 0 aliphatic heterocycles. The molecule has 3 rings (SSSR count). The third-order valence-electron chi connectivity index (χ3n) is 5.34. The summed E-state index contributed by atoms with van der Waals surface area (Å²) in [6, 6.07) is 0. The third kappa shape index (κ3) is 6.89. The molecule has 0 atom stereocenters. The minimum atomic E-state index is -1.89. The van der Waals surface area contributed by atoms with Crippen molar-refractivity contribution in [3.63, 3.8) is 0 Å². The summed E-state index contributed by atoms with van der Waals surface area (Å²) in [4.78, 5) is 30.1. The molecule has 3 N–H and O–H groups in total. The van der Waals surface area contributed by atoms with E-state index in [0.717, 1.165) is 38.5 Å². The monoisotopic (exact) mass is 472 g/mol. The second-order valence-corrected chi connectivity index (χ2v) is 9.67. The van der Waals surface area contributed by atoms with E-state index >= 15 is 0 Å². The molecule has 156 valence electrons. The standard InChI is InChI=1S/C6H9BrO2.C6H9ClO2.C6H9FO2/c3*7-6(5(8)9)3-1-2-4-6/h3*1-4H2,(H,8,9). The van der Waals surface area contributed by atoms with Crippen LogP contribution in [0.25, 0.3) is 0 Å². The summed E-state index contributed by atoms with van der Waals surface area (Å²) in [5, 5.41) is 25.5. The molecule has 3 aliphatic rings. The Bertz CT molecular complexity index is 462. The van der Waals surface area contributed by atoms with Crippen LogP contribution in [0.5, 0.6) is 0 Å². The zero-order valence-electron chi connectivity index (χ0n) is 15.2. The van der Waals surface area contributed by atoms with Crippen LogP contribution < -0.4 is 0 Å². The van der Waals surface area contributed by atoms with Gasteiger partial charge in [0.1, 0.15) is 9.20 Å². The van der Waals surface area contributed by atoms with E-state index in [4.69, 9.17) is 26.9 Å². The number of carbonyl (C=O) groups is 3. The highest BCUT2D eigenvalue weighted by atomic mass is 79.9. The van der Waals surface area contributed by atoms with E-state index in [0.29, 0.717) is 25.7 Å². The van der Waals surface area contributed by atoms with Crippen LogP contribution in [0, 0.1) is 0 Å². The lowest BCUT2D eigenvalue weighted by molar-refractivity contribution is -0.150. The summed E-state index contributed by atoms with van der Waals surface area (Å²) in [5.74, 6) is -2.86. The van der Waals surface area contributed by atoms with Crippen LogP contribution in [-0.4, -0.2) is 48.1 Å². The van der Waals surface area contributed by atoms with Gasteiger partial charge in [-0.15, -0.1) is 11.6 Å². The summed E-state index contributed by atoms with van der Waals surface area (Å²) in [6.45, 7) is 0. The molecule has 0 spiro atoms. The molecule has 0 radical (unpaired) electrons. The number of halogens is 3. The molecule has 0 aromatic carbocycles. The molecule has 3 fully saturated rings. The predicted octanol–water partition coefficient (Wildman–Crippen LogP) is 4.75. The van der Waals surface area contributed by atoms with Crippen molar-refractivity contribution < 1.29 is 34.1 Å². The fourth-order valence-corrected chi connectivity index (χ4v) is 4.28. The highest BCUT2D eigenvalue weighted by Crippen LogP contribution is 2.37. The van der Waals surface area contributed by atoms with Gasteiger partial charge < -0.3 is 15.3 Å². The van der Waals surface area contributed by atoms with E-state index in [-0.39, 0.29) is 12.8 Å². The molecule has 3 saturated carbocycles. The molecule has 0 heterocycles. The van der Waals surface area contributed by atoms with Gasteiger partial charge in [-0.3, -0.25) is 9.59 Å². The molecular formula is C18H27BrClFO6. The lowest BCUT2D eigenvalue weighted by Crippen LogP contribution is -2.29. The van der Waals surface area contributed by atoms with Crippen LogP contribution in [0.1, 0.15) is 77.0 Å². The average molecular weight is 474 g/mol. The first-order valence-corrected chi connectivity index (χ1v) is 10.4. The first kappa shape index (κ1) is 24.1. The minimum Gasteiger partial charge on any atom is -0.480 e. The van der Waals surface area contributed by atoms with Gasteiger partial charge in [-0.05, 0) is 51.4 Å². The largest absolute Gasteiger partial charge is 0.480 e. The number of aliphatic carboxylic acids is 3. The third-order valence-corrected chi connectivity index (χ3v) is 7.01. The van der Waals surface area contributed by atoms with E-state index < -0.39 is 32.8 Å². The quantitative estimate of drug-likeness (QED) is 0.510. The first-order chi connectivity index (χ1) is 12.5. The number of alkyl halides is 3. The molecule has 0 aromatic rings. The maximum absolute atomic E-state index is 12.8. The second kappa shape index (κ2) is 10.0. The molecule has 0 unspecified atom stereocenters.